The number of amides is 2. The molecule has 2 aliphatic rings. The van der Waals surface area contributed by atoms with E-state index in [9.17, 15) is 9.59 Å². The van der Waals surface area contributed by atoms with Crippen molar-refractivity contribution in [2.45, 2.75) is 45.8 Å². The Labute approximate surface area is 226 Å². The van der Waals surface area contributed by atoms with E-state index in [-0.39, 0.29) is 18.5 Å². The van der Waals surface area contributed by atoms with E-state index in [1.807, 2.05) is 50.1 Å². The molecule has 8 nitrogen and oxygen atoms in total. The van der Waals surface area contributed by atoms with Gasteiger partial charge in [0.25, 0.3) is 0 Å². The van der Waals surface area contributed by atoms with Gasteiger partial charge >= 0.3 is 6.09 Å². The van der Waals surface area contributed by atoms with Crippen molar-refractivity contribution in [2.75, 3.05) is 45.8 Å². The number of halogens is 2. The normalized spacial score (nSPS) is 17.9. The number of carbonyl (C=O) groups is 2. The van der Waals surface area contributed by atoms with E-state index in [0.717, 1.165) is 61.2 Å². The summed E-state index contributed by atoms with van der Waals surface area (Å²) in [6, 6.07) is 5.73. The fourth-order valence-electron chi connectivity index (χ4n) is 4.72. The molecule has 0 bridgehead atoms. The molecule has 0 aliphatic carbocycles. The van der Waals surface area contributed by atoms with Crippen LogP contribution in [0.15, 0.2) is 35.1 Å². The molecule has 3 heterocycles. The van der Waals surface area contributed by atoms with Gasteiger partial charge in [0, 0.05) is 72.6 Å². The van der Waals surface area contributed by atoms with Gasteiger partial charge in [-0.15, -0.1) is 0 Å². The minimum absolute atomic E-state index is 0.0935. The molecule has 0 radical (unpaired) electrons. The van der Waals surface area contributed by atoms with Crippen LogP contribution in [0.3, 0.4) is 0 Å². The second-order valence-electron chi connectivity index (χ2n) is 10.6. The Balaban J connectivity index is 1.19. The average molecular weight is 581 g/mol. The molecule has 4 rings (SSSR count). The number of carbonyl (C=O) groups excluding carboxylic acids is 2. The number of benzene rings is 1. The van der Waals surface area contributed by atoms with Crippen LogP contribution in [-0.2, 0) is 16.1 Å². The zero-order chi connectivity index (χ0) is 25.9. The predicted molar refractivity (Wildman–Crippen MR) is 144 cm³/mol. The summed E-state index contributed by atoms with van der Waals surface area (Å²) < 4.78 is 8.10. The lowest BCUT2D eigenvalue weighted by atomic mass is 9.96. The SMILES string of the molecule is CC(C)(C)OC(=O)N1CCN(CC2CCN(C(=O)Cn3cc(-c4ccc(Br)cc4Cl)cn3)CC2)CC1. The third-order valence-electron chi connectivity index (χ3n) is 6.68. The van der Waals surface area contributed by atoms with Crippen molar-refractivity contribution in [1.82, 2.24) is 24.5 Å². The van der Waals surface area contributed by atoms with Crippen molar-refractivity contribution >= 4 is 39.5 Å². The molecule has 1 aromatic carbocycles. The Morgan fingerprint density at radius 3 is 2.42 bits per heavy atom. The number of piperazine rings is 1. The monoisotopic (exact) mass is 579 g/mol. The zero-order valence-corrected chi connectivity index (χ0v) is 23.6. The van der Waals surface area contributed by atoms with Gasteiger partial charge in [0.2, 0.25) is 5.91 Å². The highest BCUT2D eigenvalue weighted by atomic mass is 79.9. The molecule has 36 heavy (non-hydrogen) atoms. The average Bonchev–Trinajstić information content (AvgIpc) is 3.27. The van der Waals surface area contributed by atoms with E-state index in [1.54, 1.807) is 15.8 Å². The molecule has 0 spiro atoms. The number of rotatable bonds is 5. The fourth-order valence-corrected chi connectivity index (χ4v) is 5.50. The van der Waals surface area contributed by atoms with Crippen molar-refractivity contribution in [3.8, 4) is 11.1 Å². The molecule has 196 valence electrons. The number of aromatic nitrogens is 2. The molecule has 2 aliphatic heterocycles. The van der Waals surface area contributed by atoms with E-state index in [2.05, 4.69) is 25.9 Å². The maximum absolute atomic E-state index is 12.9. The Morgan fingerprint density at radius 2 is 1.78 bits per heavy atom. The number of likely N-dealkylation sites (tertiary alicyclic amines) is 1. The molecule has 0 saturated carbocycles. The number of nitrogens with zero attached hydrogens (tertiary/aromatic N) is 5. The lowest BCUT2D eigenvalue weighted by molar-refractivity contribution is -0.133. The van der Waals surface area contributed by atoms with Crippen LogP contribution in [0, 0.1) is 5.92 Å². The Bertz CT molecular complexity index is 1070. The first-order valence-corrected chi connectivity index (χ1v) is 13.7. The molecule has 2 saturated heterocycles. The van der Waals surface area contributed by atoms with Crippen LogP contribution in [0.5, 0.6) is 0 Å². The minimum Gasteiger partial charge on any atom is -0.444 e. The predicted octanol–water partition coefficient (Wildman–Crippen LogP) is 4.76. The van der Waals surface area contributed by atoms with E-state index in [1.165, 1.54) is 0 Å². The third kappa shape index (κ3) is 7.23. The van der Waals surface area contributed by atoms with Crippen molar-refractivity contribution < 1.29 is 14.3 Å². The van der Waals surface area contributed by atoms with E-state index in [0.29, 0.717) is 24.0 Å². The minimum atomic E-state index is -0.466. The molecule has 1 aromatic heterocycles. The highest BCUT2D eigenvalue weighted by Gasteiger charge is 2.29. The molecule has 0 unspecified atom stereocenters. The van der Waals surface area contributed by atoms with Gasteiger partial charge in [0.1, 0.15) is 12.1 Å². The van der Waals surface area contributed by atoms with Crippen LogP contribution in [0.25, 0.3) is 11.1 Å². The lowest BCUT2D eigenvalue weighted by Gasteiger charge is -2.39. The molecule has 2 amide bonds. The van der Waals surface area contributed by atoms with Crippen LogP contribution in [0.4, 0.5) is 4.79 Å². The quantitative estimate of drug-likeness (QED) is 0.510. The Kier molecular flexibility index (Phi) is 8.63. The summed E-state index contributed by atoms with van der Waals surface area (Å²) in [5, 5.41) is 5.02. The van der Waals surface area contributed by atoms with Gasteiger partial charge in [0.15, 0.2) is 0 Å². The number of hydrogen-bond donors (Lipinski definition) is 0. The van der Waals surface area contributed by atoms with E-state index in [4.69, 9.17) is 16.3 Å². The second-order valence-corrected chi connectivity index (χ2v) is 12.0. The largest absolute Gasteiger partial charge is 0.444 e. The van der Waals surface area contributed by atoms with Crippen molar-refractivity contribution in [3.05, 3.63) is 40.1 Å². The first kappa shape index (κ1) is 26.9. The maximum Gasteiger partial charge on any atom is 0.410 e. The molecular formula is C26H35BrClN5O3. The first-order valence-electron chi connectivity index (χ1n) is 12.5. The summed E-state index contributed by atoms with van der Waals surface area (Å²) >= 11 is 9.78. The van der Waals surface area contributed by atoms with Gasteiger partial charge in [-0.1, -0.05) is 33.6 Å². The molecule has 2 fully saturated rings. The van der Waals surface area contributed by atoms with Crippen molar-refractivity contribution in [2.24, 2.45) is 5.92 Å². The van der Waals surface area contributed by atoms with Gasteiger partial charge in [-0.25, -0.2) is 4.79 Å². The second kappa shape index (κ2) is 11.5. The van der Waals surface area contributed by atoms with Crippen molar-refractivity contribution in [1.29, 1.82) is 0 Å². The summed E-state index contributed by atoms with van der Waals surface area (Å²) in [5.74, 6) is 0.661. The number of hydrogen-bond acceptors (Lipinski definition) is 5. The Hall–Kier alpha value is -2.10. The number of ether oxygens (including phenoxy) is 1. The van der Waals surface area contributed by atoms with E-state index >= 15 is 0 Å². The van der Waals surface area contributed by atoms with Crippen LogP contribution in [-0.4, -0.2) is 87.9 Å². The van der Waals surface area contributed by atoms with Crippen LogP contribution in [0.1, 0.15) is 33.6 Å². The summed E-state index contributed by atoms with van der Waals surface area (Å²) in [7, 11) is 0. The molecule has 0 N–H and O–H groups in total. The summed E-state index contributed by atoms with van der Waals surface area (Å²) in [5.41, 5.74) is 1.32. The van der Waals surface area contributed by atoms with Gasteiger partial charge in [-0.2, -0.15) is 5.10 Å². The molecule has 0 atom stereocenters. The number of piperidine rings is 1. The maximum atomic E-state index is 12.9. The lowest BCUT2D eigenvalue weighted by Crippen LogP contribution is -2.51. The third-order valence-corrected chi connectivity index (χ3v) is 7.49. The van der Waals surface area contributed by atoms with Gasteiger partial charge < -0.3 is 14.5 Å². The highest BCUT2D eigenvalue weighted by molar-refractivity contribution is 9.10. The smallest absolute Gasteiger partial charge is 0.410 e. The first-order chi connectivity index (χ1) is 17.1. The molecule has 2 aromatic rings. The molecular weight excluding hydrogens is 546 g/mol. The van der Waals surface area contributed by atoms with Crippen LogP contribution in [0.2, 0.25) is 5.02 Å². The van der Waals surface area contributed by atoms with Gasteiger partial charge in [0.05, 0.1) is 6.20 Å². The zero-order valence-electron chi connectivity index (χ0n) is 21.3. The highest BCUT2D eigenvalue weighted by Crippen LogP contribution is 2.30. The van der Waals surface area contributed by atoms with Gasteiger partial charge in [-0.05, 0) is 51.7 Å². The standard InChI is InChI=1S/C26H35BrClN5O3/c1-26(2,3)36-25(35)32-12-10-30(11-13-32)16-19-6-8-31(9-7-19)24(34)18-33-17-20(15-29-33)22-5-4-21(27)14-23(22)28/h4-5,14-15,17,19H,6-13,16,18H2,1-3H3. The van der Waals surface area contributed by atoms with Gasteiger partial charge in [-0.3, -0.25) is 14.4 Å². The Morgan fingerprint density at radius 1 is 1.08 bits per heavy atom. The van der Waals surface area contributed by atoms with E-state index < -0.39 is 5.60 Å². The molecule has 10 heteroatoms. The van der Waals surface area contributed by atoms with Crippen molar-refractivity contribution in [3.63, 3.8) is 0 Å². The summed E-state index contributed by atoms with van der Waals surface area (Å²) in [6.07, 6.45) is 5.39. The fraction of sp³-hybridized carbons (Fsp3) is 0.577. The summed E-state index contributed by atoms with van der Waals surface area (Å²) in [6.45, 7) is 11.6. The topological polar surface area (TPSA) is 70.9 Å². The van der Waals surface area contributed by atoms with Crippen LogP contribution < -0.4 is 0 Å². The van der Waals surface area contributed by atoms with Crippen LogP contribution >= 0.6 is 27.5 Å². The summed E-state index contributed by atoms with van der Waals surface area (Å²) in [4.78, 5) is 31.4.